The minimum Gasteiger partial charge on any atom is -0.465 e. The lowest BCUT2D eigenvalue weighted by molar-refractivity contribution is -0.123. The van der Waals surface area contributed by atoms with Crippen molar-refractivity contribution in [3.05, 3.63) is 54.1 Å². The van der Waals surface area contributed by atoms with Gasteiger partial charge in [-0.25, -0.2) is 13.2 Å². The second kappa shape index (κ2) is 7.79. The van der Waals surface area contributed by atoms with E-state index in [1.165, 1.54) is 37.4 Å². The molecule has 0 radical (unpaired) electrons. The van der Waals surface area contributed by atoms with Crippen molar-refractivity contribution < 1.29 is 22.7 Å². The highest BCUT2D eigenvalue weighted by molar-refractivity contribution is 7.92. The van der Waals surface area contributed by atoms with Crippen LogP contribution in [0.15, 0.2) is 53.4 Å². The van der Waals surface area contributed by atoms with Crippen molar-refractivity contribution in [1.82, 2.24) is 0 Å². The van der Waals surface area contributed by atoms with Crippen LogP contribution in [0, 0.1) is 5.41 Å². The molecule has 0 aliphatic rings. The monoisotopic (exact) mass is 390 g/mol. The minimum atomic E-state index is -3.85. The quantitative estimate of drug-likeness (QED) is 0.763. The molecule has 1 amide bonds. The number of benzene rings is 2. The van der Waals surface area contributed by atoms with E-state index in [0.29, 0.717) is 11.4 Å². The first-order valence-electron chi connectivity index (χ1n) is 8.15. The number of ether oxygens (including phenoxy) is 1. The molecule has 0 bridgehead atoms. The predicted molar refractivity (Wildman–Crippen MR) is 103 cm³/mol. The topological polar surface area (TPSA) is 102 Å². The van der Waals surface area contributed by atoms with Gasteiger partial charge in [-0.15, -0.1) is 0 Å². The lowest BCUT2D eigenvalue weighted by atomic mass is 9.95. The summed E-state index contributed by atoms with van der Waals surface area (Å²) in [5, 5.41) is 2.75. The molecule has 0 aliphatic carbocycles. The molecule has 8 heteroatoms. The summed E-state index contributed by atoms with van der Waals surface area (Å²) in [6.45, 7) is 5.35. The van der Waals surface area contributed by atoms with Crippen molar-refractivity contribution in [2.75, 3.05) is 17.1 Å². The molecule has 0 aliphatic heterocycles. The summed E-state index contributed by atoms with van der Waals surface area (Å²) < 4.78 is 32.1. The van der Waals surface area contributed by atoms with Gasteiger partial charge in [0.2, 0.25) is 5.91 Å². The molecule has 0 saturated carbocycles. The minimum absolute atomic E-state index is 0.000664. The van der Waals surface area contributed by atoms with E-state index in [2.05, 4.69) is 14.8 Å². The lowest BCUT2D eigenvalue weighted by Gasteiger charge is -2.18. The third-order valence-electron chi connectivity index (χ3n) is 3.64. The summed E-state index contributed by atoms with van der Waals surface area (Å²) in [4.78, 5) is 23.5. The van der Waals surface area contributed by atoms with Gasteiger partial charge >= 0.3 is 5.97 Å². The highest BCUT2D eigenvalue weighted by Gasteiger charge is 2.21. The van der Waals surface area contributed by atoms with Crippen LogP contribution in [0.4, 0.5) is 11.4 Å². The van der Waals surface area contributed by atoms with Gasteiger partial charge in [-0.05, 0) is 42.5 Å². The van der Waals surface area contributed by atoms with Gasteiger partial charge in [-0.2, -0.15) is 0 Å². The second-order valence-corrected chi connectivity index (χ2v) is 8.59. The molecule has 0 saturated heterocycles. The zero-order valence-electron chi connectivity index (χ0n) is 15.6. The molecule has 7 nitrogen and oxygen atoms in total. The Morgan fingerprint density at radius 3 is 2.11 bits per heavy atom. The zero-order chi connectivity index (χ0) is 20.2. The van der Waals surface area contributed by atoms with Crippen LogP contribution in [0.2, 0.25) is 0 Å². The standard InChI is InChI=1S/C19H22N2O5S/c1-19(2,3)18(23)20-14-6-5-7-15(12-14)21-27(24,25)16-10-8-13(9-11-16)17(22)26-4/h5-12,21H,1-4H3,(H,20,23). The fourth-order valence-electron chi connectivity index (χ4n) is 2.08. The SMILES string of the molecule is COC(=O)c1ccc(S(=O)(=O)Nc2cccc(NC(=O)C(C)(C)C)c2)cc1. The summed E-state index contributed by atoms with van der Waals surface area (Å²) in [6.07, 6.45) is 0. The molecule has 2 rings (SSSR count). The Balaban J connectivity index is 2.19. The molecule has 27 heavy (non-hydrogen) atoms. The normalized spacial score (nSPS) is 11.6. The Morgan fingerprint density at radius 2 is 1.56 bits per heavy atom. The molecular formula is C19H22N2O5S. The maximum atomic E-state index is 12.5. The zero-order valence-corrected chi connectivity index (χ0v) is 16.4. The van der Waals surface area contributed by atoms with E-state index in [0.717, 1.165) is 0 Å². The van der Waals surface area contributed by atoms with Crippen molar-refractivity contribution in [3.8, 4) is 0 Å². The van der Waals surface area contributed by atoms with Gasteiger partial charge < -0.3 is 10.1 Å². The Hall–Kier alpha value is -2.87. The van der Waals surface area contributed by atoms with Crippen LogP contribution in [-0.4, -0.2) is 27.4 Å². The Kier molecular flexibility index (Phi) is 5.90. The first-order chi connectivity index (χ1) is 12.5. The summed E-state index contributed by atoms with van der Waals surface area (Å²) in [5.41, 5.74) is 0.468. The Labute approximate surface area is 158 Å². The molecule has 0 atom stereocenters. The first-order valence-corrected chi connectivity index (χ1v) is 9.64. The number of hydrogen-bond donors (Lipinski definition) is 2. The summed E-state index contributed by atoms with van der Waals surface area (Å²) in [6, 6.07) is 11.8. The van der Waals surface area contributed by atoms with Gasteiger partial charge in [-0.1, -0.05) is 26.8 Å². The maximum Gasteiger partial charge on any atom is 0.337 e. The van der Waals surface area contributed by atoms with E-state index in [1.54, 1.807) is 39.0 Å². The van der Waals surface area contributed by atoms with Crippen LogP contribution in [0.5, 0.6) is 0 Å². The van der Waals surface area contributed by atoms with Gasteiger partial charge in [0.15, 0.2) is 0 Å². The number of anilines is 2. The average Bonchev–Trinajstić information content (AvgIpc) is 2.60. The maximum absolute atomic E-state index is 12.5. The number of methoxy groups -OCH3 is 1. The van der Waals surface area contributed by atoms with Crippen molar-refractivity contribution in [1.29, 1.82) is 0 Å². The number of sulfonamides is 1. The van der Waals surface area contributed by atoms with Crippen molar-refractivity contribution in [2.24, 2.45) is 5.41 Å². The van der Waals surface area contributed by atoms with E-state index in [-0.39, 0.29) is 16.4 Å². The summed E-state index contributed by atoms with van der Waals surface area (Å²) in [7, 11) is -2.60. The van der Waals surface area contributed by atoms with E-state index in [4.69, 9.17) is 0 Å². The van der Waals surface area contributed by atoms with Gasteiger partial charge in [0.25, 0.3) is 10.0 Å². The number of carbonyl (C=O) groups is 2. The lowest BCUT2D eigenvalue weighted by Crippen LogP contribution is -2.27. The third-order valence-corrected chi connectivity index (χ3v) is 5.04. The summed E-state index contributed by atoms with van der Waals surface area (Å²) >= 11 is 0. The predicted octanol–water partition coefficient (Wildman–Crippen LogP) is 3.26. The molecule has 144 valence electrons. The molecule has 0 fully saturated rings. The van der Waals surface area contributed by atoms with Crippen molar-refractivity contribution >= 4 is 33.3 Å². The number of carbonyl (C=O) groups excluding carboxylic acids is 2. The highest BCUT2D eigenvalue weighted by atomic mass is 32.2. The average molecular weight is 390 g/mol. The van der Waals surface area contributed by atoms with Crippen LogP contribution in [0.25, 0.3) is 0 Å². The smallest absolute Gasteiger partial charge is 0.337 e. The number of rotatable bonds is 5. The first kappa shape index (κ1) is 20.4. The number of esters is 1. The molecule has 0 heterocycles. The Bertz CT molecular complexity index is 945. The largest absolute Gasteiger partial charge is 0.465 e. The van der Waals surface area contributed by atoms with Gasteiger partial charge in [0.05, 0.1) is 23.3 Å². The fraction of sp³-hybridized carbons (Fsp3) is 0.263. The summed E-state index contributed by atoms with van der Waals surface area (Å²) in [5.74, 6) is -0.727. The molecular weight excluding hydrogens is 368 g/mol. The van der Waals surface area contributed by atoms with Crippen LogP contribution in [-0.2, 0) is 19.6 Å². The van der Waals surface area contributed by atoms with Crippen LogP contribution < -0.4 is 10.0 Å². The molecule has 0 unspecified atom stereocenters. The molecule has 2 aromatic rings. The Morgan fingerprint density at radius 1 is 0.963 bits per heavy atom. The molecule has 2 aromatic carbocycles. The van der Waals surface area contributed by atoms with Crippen molar-refractivity contribution in [3.63, 3.8) is 0 Å². The van der Waals surface area contributed by atoms with Gasteiger partial charge in [0.1, 0.15) is 0 Å². The van der Waals surface area contributed by atoms with Crippen molar-refractivity contribution in [2.45, 2.75) is 25.7 Å². The third kappa shape index (κ3) is 5.30. The highest BCUT2D eigenvalue weighted by Crippen LogP contribution is 2.22. The van der Waals surface area contributed by atoms with E-state index < -0.39 is 21.4 Å². The van der Waals surface area contributed by atoms with Crippen LogP contribution in [0.1, 0.15) is 31.1 Å². The molecule has 2 N–H and O–H groups in total. The molecule has 0 spiro atoms. The second-order valence-electron chi connectivity index (χ2n) is 6.91. The molecule has 0 aromatic heterocycles. The number of hydrogen-bond acceptors (Lipinski definition) is 5. The van der Waals surface area contributed by atoms with Gasteiger partial charge in [-0.3, -0.25) is 9.52 Å². The van der Waals surface area contributed by atoms with Crippen LogP contribution >= 0.6 is 0 Å². The number of nitrogens with one attached hydrogen (secondary N) is 2. The van der Waals surface area contributed by atoms with E-state index in [1.807, 2.05) is 0 Å². The van der Waals surface area contributed by atoms with E-state index in [9.17, 15) is 18.0 Å². The van der Waals surface area contributed by atoms with Crippen LogP contribution in [0.3, 0.4) is 0 Å². The van der Waals surface area contributed by atoms with Gasteiger partial charge in [0, 0.05) is 11.1 Å². The fourth-order valence-corrected chi connectivity index (χ4v) is 3.13. The number of amides is 1. The van der Waals surface area contributed by atoms with E-state index >= 15 is 0 Å².